The van der Waals surface area contributed by atoms with Crippen LogP contribution in [0.3, 0.4) is 0 Å². The van der Waals surface area contributed by atoms with Gasteiger partial charge in [-0.1, -0.05) is 0 Å². The quantitative estimate of drug-likeness (QED) is 0.841. The number of hydrogen-bond acceptors (Lipinski definition) is 1. The van der Waals surface area contributed by atoms with Crippen molar-refractivity contribution in [3.8, 4) is 0 Å². The first-order valence-electron chi connectivity index (χ1n) is 4.46. The molecule has 1 N–H and O–H groups in total. The van der Waals surface area contributed by atoms with E-state index in [2.05, 4.69) is 0 Å². The topological polar surface area (TPSA) is 40.5 Å². The molecule has 0 spiro atoms. The molecule has 0 unspecified atom stereocenters. The molecule has 15 heavy (non-hydrogen) atoms. The predicted molar refractivity (Wildman–Crippen MR) is 50.5 cm³/mol. The summed E-state index contributed by atoms with van der Waals surface area (Å²) in [6.07, 6.45) is -1.15. The van der Waals surface area contributed by atoms with E-state index in [1.807, 2.05) is 0 Å². The van der Waals surface area contributed by atoms with Crippen molar-refractivity contribution in [2.45, 2.75) is 13.5 Å². The summed E-state index contributed by atoms with van der Waals surface area (Å²) in [5.74, 6) is -1.18. The molecule has 3 nitrogen and oxygen atoms in total. The second-order valence-corrected chi connectivity index (χ2v) is 3.03. The number of hydrogen-bond donors (Lipinski definition) is 1. The van der Waals surface area contributed by atoms with Gasteiger partial charge in [0.25, 0.3) is 0 Å². The standard InChI is InChI=1S/C10H11F2NO2/c1-2-13(10(14)15)6-7-5-8(11)3-4-9(7)12/h3-5H,2,6H2,1H3,(H,14,15). The third kappa shape index (κ3) is 2.90. The first kappa shape index (κ1) is 11.4. The van der Waals surface area contributed by atoms with Gasteiger partial charge in [-0.25, -0.2) is 13.6 Å². The maximum Gasteiger partial charge on any atom is 0.407 e. The summed E-state index contributed by atoms with van der Waals surface area (Å²) in [6.45, 7) is 1.71. The molecule has 5 heteroatoms. The van der Waals surface area contributed by atoms with Crippen molar-refractivity contribution in [2.75, 3.05) is 6.54 Å². The molecule has 1 amide bonds. The molecule has 0 radical (unpaired) electrons. The summed E-state index contributed by atoms with van der Waals surface area (Å²) >= 11 is 0. The molecule has 82 valence electrons. The zero-order valence-corrected chi connectivity index (χ0v) is 8.20. The Morgan fingerprint density at radius 3 is 2.67 bits per heavy atom. The minimum atomic E-state index is -1.15. The molecule has 0 aromatic heterocycles. The summed E-state index contributed by atoms with van der Waals surface area (Å²) in [7, 11) is 0. The van der Waals surface area contributed by atoms with Crippen LogP contribution < -0.4 is 0 Å². The molecule has 1 aromatic carbocycles. The Morgan fingerprint density at radius 2 is 2.13 bits per heavy atom. The van der Waals surface area contributed by atoms with Crippen molar-refractivity contribution in [2.24, 2.45) is 0 Å². The second kappa shape index (κ2) is 4.72. The SMILES string of the molecule is CCN(Cc1cc(F)ccc1F)C(=O)O. The van der Waals surface area contributed by atoms with Gasteiger partial charge in [-0.2, -0.15) is 0 Å². The molecule has 0 aliphatic heterocycles. The van der Waals surface area contributed by atoms with Crippen LogP contribution in [0.2, 0.25) is 0 Å². The van der Waals surface area contributed by atoms with Crippen LogP contribution in [0.4, 0.5) is 13.6 Å². The highest BCUT2D eigenvalue weighted by Gasteiger charge is 2.12. The minimum absolute atomic E-state index is 0.0410. The smallest absolute Gasteiger partial charge is 0.407 e. The van der Waals surface area contributed by atoms with E-state index in [0.29, 0.717) is 0 Å². The number of benzene rings is 1. The first-order chi connectivity index (χ1) is 7.04. The number of rotatable bonds is 3. The maximum absolute atomic E-state index is 13.1. The molecule has 1 rings (SSSR count). The van der Waals surface area contributed by atoms with E-state index in [0.717, 1.165) is 23.1 Å². The van der Waals surface area contributed by atoms with E-state index in [1.54, 1.807) is 6.92 Å². The molecule has 0 heterocycles. The van der Waals surface area contributed by atoms with E-state index in [4.69, 9.17) is 5.11 Å². The van der Waals surface area contributed by atoms with Gasteiger partial charge in [-0.05, 0) is 25.1 Å². The van der Waals surface area contributed by atoms with Crippen molar-refractivity contribution in [1.82, 2.24) is 4.90 Å². The van der Waals surface area contributed by atoms with Gasteiger partial charge in [-0.3, -0.25) is 0 Å². The normalized spacial score (nSPS) is 10.1. The molecule has 0 saturated carbocycles. The zero-order chi connectivity index (χ0) is 11.4. The highest BCUT2D eigenvalue weighted by molar-refractivity contribution is 5.64. The lowest BCUT2D eigenvalue weighted by atomic mass is 10.2. The Labute approximate surface area is 85.9 Å². The number of carbonyl (C=O) groups is 1. The van der Waals surface area contributed by atoms with Crippen LogP contribution in [0.1, 0.15) is 12.5 Å². The van der Waals surface area contributed by atoms with Crippen LogP contribution in [0.25, 0.3) is 0 Å². The largest absolute Gasteiger partial charge is 0.465 e. The van der Waals surface area contributed by atoms with Crippen LogP contribution in [-0.2, 0) is 6.54 Å². The predicted octanol–water partition coefficient (Wildman–Crippen LogP) is 2.46. The summed E-state index contributed by atoms with van der Waals surface area (Å²) < 4.78 is 25.9. The third-order valence-corrected chi connectivity index (χ3v) is 2.02. The highest BCUT2D eigenvalue weighted by Crippen LogP contribution is 2.12. The molecule has 0 atom stereocenters. The average Bonchev–Trinajstić information content (AvgIpc) is 2.18. The van der Waals surface area contributed by atoms with Gasteiger partial charge >= 0.3 is 6.09 Å². The molecule has 0 bridgehead atoms. The van der Waals surface area contributed by atoms with E-state index in [9.17, 15) is 13.6 Å². The molecule has 0 fully saturated rings. The molecule has 0 saturated heterocycles. The first-order valence-corrected chi connectivity index (χ1v) is 4.46. The summed E-state index contributed by atoms with van der Waals surface area (Å²) in [6, 6.07) is 2.98. The van der Waals surface area contributed by atoms with Gasteiger partial charge in [-0.15, -0.1) is 0 Å². The minimum Gasteiger partial charge on any atom is -0.465 e. The molecular weight excluding hydrogens is 204 g/mol. The van der Waals surface area contributed by atoms with Gasteiger partial charge in [0, 0.05) is 12.1 Å². The maximum atomic E-state index is 13.1. The Morgan fingerprint density at radius 1 is 1.47 bits per heavy atom. The van der Waals surface area contributed by atoms with Crippen LogP contribution in [0.15, 0.2) is 18.2 Å². The summed E-state index contributed by atoms with van der Waals surface area (Å²) in [5, 5.41) is 8.70. The third-order valence-electron chi connectivity index (χ3n) is 2.02. The summed E-state index contributed by atoms with van der Waals surface area (Å²) in [5.41, 5.74) is 0.0410. The average molecular weight is 215 g/mol. The van der Waals surface area contributed by atoms with Gasteiger partial charge in [0.15, 0.2) is 0 Å². The van der Waals surface area contributed by atoms with Gasteiger partial charge in [0.1, 0.15) is 11.6 Å². The van der Waals surface area contributed by atoms with Gasteiger partial charge in [0.05, 0.1) is 6.54 Å². The lowest BCUT2D eigenvalue weighted by Gasteiger charge is -2.17. The fraction of sp³-hybridized carbons (Fsp3) is 0.300. The Kier molecular flexibility index (Phi) is 3.60. The number of nitrogens with zero attached hydrogens (tertiary/aromatic N) is 1. The van der Waals surface area contributed by atoms with E-state index in [1.165, 1.54) is 0 Å². The van der Waals surface area contributed by atoms with Crippen LogP contribution in [-0.4, -0.2) is 22.6 Å². The van der Waals surface area contributed by atoms with Crippen molar-refractivity contribution < 1.29 is 18.7 Å². The lowest BCUT2D eigenvalue weighted by Crippen LogP contribution is -2.28. The number of carboxylic acid groups (broad SMARTS) is 1. The van der Waals surface area contributed by atoms with Gasteiger partial charge < -0.3 is 10.0 Å². The lowest BCUT2D eigenvalue weighted by molar-refractivity contribution is 0.144. The molecule has 0 aliphatic rings. The van der Waals surface area contributed by atoms with Gasteiger partial charge in [0.2, 0.25) is 0 Å². The van der Waals surface area contributed by atoms with Crippen molar-refractivity contribution in [3.63, 3.8) is 0 Å². The van der Waals surface area contributed by atoms with E-state index < -0.39 is 17.7 Å². The van der Waals surface area contributed by atoms with Crippen molar-refractivity contribution in [1.29, 1.82) is 0 Å². The van der Waals surface area contributed by atoms with E-state index in [-0.39, 0.29) is 18.7 Å². The molecule has 1 aromatic rings. The van der Waals surface area contributed by atoms with Crippen LogP contribution >= 0.6 is 0 Å². The highest BCUT2D eigenvalue weighted by atomic mass is 19.1. The fourth-order valence-electron chi connectivity index (χ4n) is 1.18. The zero-order valence-electron chi connectivity index (χ0n) is 8.20. The Balaban J connectivity index is 2.87. The van der Waals surface area contributed by atoms with Crippen LogP contribution in [0.5, 0.6) is 0 Å². The monoisotopic (exact) mass is 215 g/mol. The Hall–Kier alpha value is -1.65. The number of amides is 1. The second-order valence-electron chi connectivity index (χ2n) is 3.03. The Bertz CT molecular complexity index is 368. The van der Waals surface area contributed by atoms with Crippen LogP contribution in [0, 0.1) is 11.6 Å². The molecule has 0 aliphatic carbocycles. The van der Waals surface area contributed by atoms with Crippen molar-refractivity contribution >= 4 is 6.09 Å². The summed E-state index contributed by atoms with van der Waals surface area (Å²) in [4.78, 5) is 11.6. The van der Waals surface area contributed by atoms with E-state index >= 15 is 0 Å². The fourth-order valence-corrected chi connectivity index (χ4v) is 1.18. The number of halogens is 2. The van der Waals surface area contributed by atoms with Crippen molar-refractivity contribution in [3.05, 3.63) is 35.4 Å². The molecular formula is C10H11F2NO2.